The normalized spacial score (nSPS) is 14.7. The predicted molar refractivity (Wildman–Crippen MR) is 94.1 cm³/mol. The maximum Gasteiger partial charge on any atom is 0.276 e. The van der Waals surface area contributed by atoms with E-state index in [1.165, 1.54) is 23.5 Å². The Kier molecular flexibility index (Phi) is 3.89. The van der Waals surface area contributed by atoms with Crippen LogP contribution in [0.3, 0.4) is 0 Å². The number of sulfonamides is 1. The zero-order chi connectivity index (χ0) is 17.4. The number of hydrogen-bond donors (Lipinski definition) is 1. The molecular weight excluding hydrogens is 362 g/mol. The van der Waals surface area contributed by atoms with Crippen molar-refractivity contribution in [1.29, 1.82) is 0 Å². The van der Waals surface area contributed by atoms with Gasteiger partial charge in [0.1, 0.15) is 13.2 Å². The summed E-state index contributed by atoms with van der Waals surface area (Å²) >= 11 is 1.41. The molecule has 7 nitrogen and oxygen atoms in total. The smallest absolute Gasteiger partial charge is 0.276 e. The van der Waals surface area contributed by atoms with Crippen molar-refractivity contribution in [2.45, 2.75) is 4.90 Å². The van der Waals surface area contributed by atoms with Crippen LogP contribution in [0.25, 0.3) is 10.2 Å². The van der Waals surface area contributed by atoms with Crippen molar-refractivity contribution in [3.63, 3.8) is 0 Å². The van der Waals surface area contributed by atoms with Crippen molar-refractivity contribution in [1.82, 2.24) is 9.40 Å². The maximum absolute atomic E-state index is 12.5. The topological polar surface area (TPSA) is 81.9 Å². The van der Waals surface area contributed by atoms with Gasteiger partial charge in [-0.05, 0) is 24.3 Å². The summed E-state index contributed by atoms with van der Waals surface area (Å²) in [6.45, 7) is 0.848. The highest BCUT2D eigenvalue weighted by atomic mass is 32.2. The van der Waals surface area contributed by atoms with Crippen LogP contribution in [0.1, 0.15) is 0 Å². The summed E-state index contributed by atoms with van der Waals surface area (Å²) in [4.78, 5) is 2.92. The lowest BCUT2D eigenvalue weighted by atomic mass is 10.3. The Morgan fingerprint density at radius 3 is 2.68 bits per heavy atom. The van der Waals surface area contributed by atoms with Gasteiger partial charge in [-0.1, -0.05) is 23.5 Å². The molecule has 0 unspecified atom stereocenters. The summed E-state index contributed by atoms with van der Waals surface area (Å²) in [5.74, 6) is 0.958. The number of fused-ring (bicyclic) bond motifs is 2. The quantitative estimate of drug-likeness (QED) is 0.706. The minimum atomic E-state index is -3.81. The summed E-state index contributed by atoms with van der Waals surface area (Å²) in [5.41, 5.74) is 0.991. The van der Waals surface area contributed by atoms with Crippen LogP contribution in [0, 0.1) is 0 Å². The number of para-hydroxylation sites is 1. The lowest BCUT2D eigenvalue weighted by Crippen LogP contribution is -2.24. The Morgan fingerprint density at radius 1 is 1.12 bits per heavy atom. The first-order valence-electron chi connectivity index (χ1n) is 7.54. The van der Waals surface area contributed by atoms with E-state index in [1.807, 2.05) is 35.9 Å². The first-order chi connectivity index (χ1) is 12.0. The molecule has 0 saturated carbocycles. The molecule has 1 aromatic heterocycles. The monoisotopic (exact) mass is 377 g/mol. The van der Waals surface area contributed by atoms with Crippen LogP contribution in [0.2, 0.25) is 0 Å². The molecule has 0 aliphatic carbocycles. The van der Waals surface area contributed by atoms with Gasteiger partial charge in [0.2, 0.25) is 4.80 Å². The second kappa shape index (κ2) is 6.08. The van der Waals surface area contributed by atoms with Crippen molar-refractivity contribution < 1.29 is 17.9 Å². The van der Waals surface area contributed by atoms with Gasteiger partial charge in [-0.15, -0.1) is 5.10 Å². The highest BCUT2D eigenvalue weighted by Crippen LogP contribution is 2.32. The van der Waals surface area contributed by atoms with Crippen LogP contribution >= 0.6 is 11.3 Å². The van der Waals surface area contributed by atoms with E-state index >= 15 is 0 Å². The first kappa shape index (κ1) is 16.0. The average molecular weight is 377 g/mol. The summed E-state index contributed by atoms with van der Waals surface area (Å²) in [6.07, 6.45) is 0. The van der Waals surface area contributed by atoms with Crippen LogP contribution in [-0.4, -0.2) is 26.2 Å². The Balaban J connectivity index is 1.68. The molecule has 2 heterocycles. The molecule has 0 atom stereocenters. The Morgan fingerprint density at radius 2 is 1.88 bits per heavy atom. The largest absolute Gasteiger partial charge is 0.486 e. The number of nitrogens with zero attached hydrogens (tertiary/aromatic N) is 2. The van der Waals surface area contributed by atoms with Gasteiger partial charge in [-0.2, -0.15) is 13.2 Å². The molecule has 130 valence electrons. The summed E-state index contributed by atoms with van der Waals surface area (Å²) in [6, 6.07) is 12.3. The van der Waals surface area contributed by atoms with Gasteiger partial charge in [-0.3, -0.25) is 0 Å². The number of thiazole rings is 1. The fourth-order valence-electron chi connectivity index (χ4n) is 2.53. The van der Waals surface area contributed by atoms with Gasteiger partial charge in [-0.25, -0.2) is 0 Å². The third-order valence-corrected chi connectivity index (χ3v) is 6.12. The van der Waals surface area contributed by atoms with E-state index in [0.717, 1.165) is 10.2 Å². The SMILES string of the molecule is Cn1c(=NNS(=O)(=O)c2ccc3c(c2)OCCO3)sc2ccccc21. The Hall–Kier alpha value is -2.52. The van der Waals surface area contributed by atoms with E-state index in [0.29, 0.717) is 29.5 Å². The van der Waals surface area contributed by atoms with E-state index in [1.54, 1.807) is 6.07 Å². The highest BCUT2D eigenvalue weighted by Gasteiger charge is 2.19. The third kappa shape index (κ3) is 2.96. The third-order valence-electron chi connectivity index (χ3n) is 3.80. The van der Waals surface area contributed by atoms with Gasteiger partial charge in [0.15, 0.2) is 11.5 Å². The van der Waals surface area contributed by atoms with Crippen molar-refractivity contribution in [2.75, 3.05) is 13.2 Å². The van der Waals surface area contributed by atoms with E-state index in [9.17, 15) is 8.42 Å². The number of ether oxygens (including phenoxy) is 2. The molecule has 1 N–H and O–H groups in total. The molecule has 0 spiro atoms. The van der Waals surface area contributed by atoms with Gasteiger partial charge in [0, 0.05) is 13.1 Å². The van der Waals surface area contributed by atoms with E-state index in [-0.39, 0.29) is 4.90 Å². The molecule has 0 radical (unpaired) electrons. The van der Waals surface area contributed by atoms with Gasteiger partial charge in [0.05, 0.1) is 15.1 Å². The molecule has 3 aromatic rings. The van der Waals surface area contributed by atoms with Crippen LogP contribution in [-0.2, 0) is 17.1 Å². The van der Waals surface area contributed by atoms with Crippen LogP contribution in [0.5, 0.6) is 11.5 Å². The van der Waals surface area contributed by atoms with Gasteiger partial charge >= 0.3 is 0 Å². The number of hydrogen-bond acceptors (Lipinski definition) is 6. The number of rotatable bonds is 3. The fourth-order valence-corrected chi connectivity index (χ4v) is 4.39. The number of aryl methyl sites for hydroxylation is 1. The molecule has 9 heteroatoms. The summed E-state index contributed by atoms with van der Waals surface area (Å²) in [7, 11) is -1.96. The zero-order valence-corrected chi connectivity index (χ0v) is 14.9. The number of nitrogens with one attached hydrogen (secondary N) is 1. The number of benzene rings is 2. The van der Waals surface area contributed by atoms with Gasteiger partial charge in [0.25, 0.3) is 10.0 Å². The maximum atomic E-state index is 12.5. The van der Waals surface area contributed by atoms with Crippen LogP contribution < -0.4 is 19.1 Å². The standard InChI is InChI=1S/C16H15N3O4S2/c1-19-12-4-2-3-5-15(12)24-16(19)17-18-25(20,21)11-6-7-13-14(10-11)23-9-8-22-13/h2-7,10,18H,8-9H2,1H3. The fraction of sp³-hybridized carbons (Fsp3) is 0.188. The van der Waals surface area contributed by atoms with E-state index < -0.39 is 10.0 Å². The molecule has 4 rings (SSSR count). The predicted octanol–water partition coefficient (Wildman–Crippen LogP) is 1.81. The number of aromatic nitrogens is 1. The molecular formula is C16H15N3O4S2. The molecule has 25 heavy (non-hydrogen) atoms. The van der Waals surface area contributed by atoms with Crippen molar-refractivity contribution >= 4 is 31.6 Å². The second-order valence-corrected chi connectivity index (χ2v) is 8.09. The Bertz CT molecular complexity index is 1120. The minimum absolute atomic E-state index is 0.0734. The molecule has 1 aliphatic rings. The highest BCUT2D eigenvalue weighted by molar-refractivity contribution is 7.89. The first-order valence-corrected chi connectivity index (χ1v) is 9.84. The molecule has 2 aromatic carbocycles. The van der Waals surface area contributed by atoms with E-state index in [2.05, 4.69) is 9.93 Å². The Labute approximate surface area is 148 Å². The van der Waals surface area contributed by atoms with Crippen LogP contribution in [0.4, 0.5) is 0 Å². The molecule has 1 aliphatic heterocycles. The van der Waals surface area contributed by atoms with Crippen molar-refractivity contribution in [3.8, 4) is 11.5 Å². The lowest BCUT2D eigenvalue weighted by Gasteiger charge is -2.18. The van der Waals surface area contributed by atoms with Crippen molar-refractivity contribution in [3.05, 3.63) is 47.3 Å². The zero-order valence-electron chi connectivity index (χ0n) is 13.3. The molecule has 0 saturated heterocycles. The van der Waals surface area contributed by atoms with Crippen LogP contribution in [0.15, 0.2) is 52.5 Å². The van der Waals surface area contributed by atoms with Gasteiger partial charge < -0.3 is 14.0 Å². The second-order valence-electron chi connectivity index (χ2n) is 5.42. The molecule has 0 fully saturated rings. The summed E-state index contributed by atoms with van der Waals surface area (Å²) in [5, 5.41) is 4.07. The molecule has 0 amide bonds. The minimum Gasteiger partial charge on any atom is -0.486 e. The average Bonchev–Trinajstić information content (AvgIpc) is 2.96. The molecule has 0 bridgehead atoms. The van der Waals surface area contributed by atoms with Crippen molar-refractivity contribution in [2.24, 2.45) is 12.1 Å². The lowest BCUT2D eigenvalue weighted by molar-refractivity contribution is 0.171. The van der Waals surface area contributed by atoms with E-state index in [4.69, 9.17) is 9.47 Å². The summed E-state index contributed by atoms with van der Waals surface area (Å²) < 4.78 is 38.7.